The van der Waals surface area contributed by atoms with Crippen LogP contribution in [0.3, 0.4) is 0 Å². The SMILES string of the molecule is CCOC(=O)C1=C(C)NC2=C(C(=O)C[C@@H](c3ccccc3)C2)[C@H]1c1cccc(O)c1. The lowest BCUT2D eigenvalue weighted by molar-refractivity contribution is -0.138. The number of dihydropyridines is 1. The van der Waals surface area contributed by atoms with Crippen molar-refractivity contribution >= 4 is 11.8 Å². The summed E-state index contributed by atoms with van der Waals surface area (Å²) in [7, 11) is 0. The second-order valence-electron chi connectivity index (χ2n) is 7.74. The lowest BCUT2D eigenvalue weighted by Gasteiger charge is -2.36. The Labute approximate surface area is 176 Å². The molecule has 2 atom stereocenters. The zero-order valence-electron chi connectivity index (χ0n) is 17.1. The van der Waals surface area contributed by atoms with Crippen molar-refractivity contribution in [2.45, 2.75) is 38.5 Å². The zero-order chi connectivity index (χ0) is 21.3. The molecule has 1 aliphatic heterocycles. The minimum Gasteiger partial charge on any atom is -0.508 e. The van der Waals surface area contributed by atoms with Gasteiger partial charge in [-0.25, -0.2) is 4.79 Å². The molecule has 0 saturated heterocycles. The van der Waals surface area contributed by atoms with Gasteiger partial charge in [-0.15, -0.1) is 0 Å². The Morgan fingerprint density at radius 2 is 1.83 bits per heavy atom. The lowest BCUT2D eigenvalue weighted by Crippen LogP contribution is -2.36. The third kappa shape index (κ3) is 3.63. The van der Waals surface area contributed by atoms with E-state index in [1.807, 2.05) is 43.3 Å². The van der Waals surface area contributed by atoms with Crippen LogP contribution < -0.4 is 5.32 Å². The van der Waals surface area contributed by atoms with Gasteiger partial charge in [0.1, 0.15) is 5.75 Å². The molecule has 0 radical (unpaired) electrons. The molecule has 0 amide bonds. The van der Waals surface area contributed by atoms with Gasteiger partial charge in [0.15, 0.2) is 5.78 Å². The van der Waals surface area contributed by atoms with E-state index < -0.39 is 11.9 Å². The number of allylic oxidation sites excluding steroid dienone is 3. The zero-order valence-corrected chi connectivity index (χ0v) is 17.1. The Balaban J connectivity index is 1.81. The number of nitrogens with one attached hydrogen (secondary N) is 1. The third-order valence-corrected chi connectivity index (χ3v) is 5.80. The van der Waals surface area contributed by atoms with E-state index in [2.05, 4.69) is 5.32 Å². The number of carbonyl (C=O) groups excluding carboxylic acids is 2. The number of hydrogen-bond acceptors (Lipinski definition) is 5. The molecule has 2 N–H and O–H groups in total. The molecule has 2 aliphatic rings. The number of carbonyl (C=O) groups is 2. The van der Waals surface area contributed by atoms with Gasteiger partial charge in [0.05, 0.1) is 12.2 Å². The smallest absolute Gasteiger partial charge is 0.336 e. The monoisotopic (exact) mass is 403 g/mol. The number of phenolic OH excluding ortho intramolecular Hbond substituents is 1. The summed E-state index contributed by atoms with van der Waals surface area (Å²) in [5, 5.41) is 13.4. The second-order valence-corrected chi connectivity index (χ2v) is 7.74. The van der Waals surface area contributed by atoms with E-state index >= 15 is 0 Å². The molecule has 0 spiro atoms. The van der Waals surface area contributed by atoms with Crippen molar-refractivity contribution in [3.8, 4) is 5.75 Å². The summed E-state index contributed by atoms with van der Waals surface area (Å²) in [5.74, 6) is -0.802. The van der Waals surface area contributed by atoms with Crippen LogP contribution in [0.25, 0.3) is 0 Å². The van der Waals surface area contributed by atoms with Gasteiger partial charge in [-0.05, 0) is 49.4 Å². The maximum atomic E-state index is 13.4. The first-order valence-corrected chi connectivity index (χ1v) is 10.2. The van der Waals surface area contributed by atoms with Crippen molar-refractivity contribution in [2.24, 2.45) is 0 Å². The molecule has 4 rings (SSSR count). The minimum absolute atomic E-state index is 0.0141. The van der Waals surface area contributed by atoms with Gasteiger partial charge >= 0.3 is 5.97 Å². The molecule has 1 aliphatic carbocycles. The molecule has 5 nitrogen and oxygen atoms in total. The van der Waals surface area contributed by atoms with Gasteiger partial charge in [0.25, 0.3) is 0 Å². The van der Waals surface area contributed by atoms with Crippen molar-refractivity contribution in [1.82, 2.24) is 5.32 Å². The quantitative estimate of drug-likeness (QED) is 0.744. The number of Topliss-reactive ketones (excluding diaryl/α,β-unsaturated/α-hetero) is 1. The van der Waals surface area contributed by atoms with Crippen LogP contribution in [-0.4, -0.2) is 23.5 Å². The first-order valence-electron chi connectivity index (χ1n) is 10.2. The van der Waals surface area contributed by atoms with Gasteiger partial charge in [0, 0.05) is 29.3 Å². The first-order chi connectivity index (χ1) is 14.5. The Kier molecular flexibility index (Phi) is 5.44. The van der Waals surface area contributed by atoms with Gasteiger partial charge in [0.2, 0.25) is 0 Å². The Bertz CT molecular complexity index is 1050. The summed E-state index contributed by atoms with van der Waals surface area (Å²) in [5.41, 5.74) is 4.39. The van der Waals surface area contributed by atoms with E-state index in [9.17, 15) is 14.7 Å². The summed E-state index contributed by atoms with van der Waals surface area (Å²) in [6.45, 7) is 3.84. The van der Waals surface area contributed by atoms with E-state index in [4.69, 9.17) is 4.74 Å². The van der Waals surface area contributed by atoms with E-state index in [1.54, 1.807) is 25.1 Å². The van der Waals surface area contributed by atoms with Gasteiger partial charge in [-0.1, -0.05) is 42.5 Å². The summed E-state index contributed by atoms with van der Waals surface area (Å²) >= 11 is 0. The Morgan fingerprint density at radius 3 is 2.53 bits per heavy atom. The highest BCUT2D eigenvalue weighted by molar-refractivity contribution is 6.04. The number of ether oxygens (including phenoxy) is 1. The number of ketones is 1. The molecule has 2 aromatic carbocycles. The first kappa shape index (κ1) is 20.0. The van der Waals surface area contributed by atoms with E-state index in [0.29, 0.717) is 35.2 Å². The van der Waals surface area contributed by atoms with E-state index in [0.717, 1.165) is 11.3 Å². The Morgan fingerprint density at radius 1 is 1.10 bits per heavy atom. The predicted molar refractivity (Wildman–Crippen MR) is 114 cm³/mol. The maximum Gasteiger partial charge on any atom is 0.336 e. The van der Waals surface area contributed by atoms with Crippen molar-refractivity contribution in [3.05, 3.63) is 88.3 Å². The molecule has 0 fully saturated rings. The number of esters is 1. The van der Waals surface area contributed by atoms with E-state index in [1.165, 1.54) is 0 Å². The van der Waals surface area contributed by atoms with Crippen LogP contribution in [0.1, 0.15) is 49.7 Å². The van der Waals surface area contributed by atoms with Crippen LogP contribution in [-0.2, 0) is 14.3 Å². The molecule has 5 heteroatoms. The van der Waals surface area contributed by atoms with Crippen LogP contribution in [0.2, 0.25) is 0 Å². The normalized spacial score (nSPS) is 21.2. The molecule has 154 valence electrons. The number of rotatable bonds is 4. The van der Waals surface area contributed by atoms with Crippen LogP contribution in [0.15, 0.2) is 77.1 Å². The molecule has 2 aromatic rings. The van der Waals surface area contributed by atoms with E-state index in [-0.39, 0.29) is 24.1 Å². The predicted octanol–water partition coefficient (Wildman–Crippen LogP) is 4.32. The molecular formula is C25H25NO4. The lowest BCUT2D eigenvalue weighted by atomic mass is 9.71. The van der Waals surface area contributed by atoms with Crippen molar-refractivity contribution < 1.29 is 19.4 Å². The highest BCUT2D eigenvalue weighted by Gasteiger charge is 2.41. The topological polar surface area (TPSA) is 75.6 Å². The van der Waals surface area contributed by atoms with Crippen molar-refractivity contribution in [2.75, 3.05) is 6.61 Å². The van der Waals surface area contributed by atoms with Crippen molar-refractivity contribution in [1.29, 1.82) is 0 Å². The molecule has 1 heterocycles. The summed E-state index contributed by atoms with van der Waals surface area (Å²) < 4.78 is 5.31. The fraction of sp³-hybridized carbons (Fsp3) is 0.280. The number of aromatic hydroxyl groups is 1. The fourth-order valence-electron chi connectivity index (χ4n) is 4.52. The minimum atomic E-state index is -0.559. The average molecular weight is 403 g/mol. The largest absolute Gasteiger partial charge is 0.508 e. The molecule has 0 bridgehead atoms. The molecular weight excluding hydrogens is 378 g/mol. The van der Waals surface area contributed by atoms with Gasteiger partial charge in [-0.3, -0.25) is 4.79 Å². The van der Waals surface area contributed by atoms with Crippen molar-refractivity contribution in [3.63, 3.8) is 0 Å². The molecule has 0 unspecified atom stereocenters. The summed E-state index contributed by atoms with van der Waals surface area (Å²) in [6, 6.07) is 16.8. The van der Waals surface area contributed by atoms with Crippen LogP contribution in [0.5, 0.6) is 5.75 Å². The van der Waals surface area contributed by atoms with Crippen LogP contribution in [0, 0.1) is 0 Å². The number of benzene rings is 2. The third-order valence-electron chi connectivity index (χ3n) is 5.80. The highest BCUT2D eigenvalue weighted by Crippen LogP contribution is 2.46. The Hall–Kier alpha value is -3.34. The highest BCUT2D eigenvalue weighted by atomic mass is 16.5. The maximum absolute atomic E-state index is 13.4. The molecule has 0 saturated carbocycles. The van der Waals surface area contributed by atoms with Gasteiger partial charge < -0.3 is 15.2 Å². The summed E-state index contributed by atoms with van der Waals surface area (Å²) in [6.07, 6.45) is 1.07. The van der Waals surface area contributed by atoms with Crippen LogP contribution >= 0.6 is 0 Å². The average Bonchev–Trinajstić information content (AvgIpc) is 2.73. The summed E-state index contributed by atoms with van der Waals surface area (Å²) in [4.78, 5) is 26.2. The standard InChI is InChI=1S/C25H25NO4/c1-3-30-25(29)22-15(2)26-20-13-18(16-8-5-4-6-9-16)14-21(28)24(20)23(22)17-10-7-11-19(27)12-17/h4-12,18,23,26-27H,3,13-14H2,1-2H3/t18-,23-/m0/s1. The van der Waals surface area contributed by atoms with Crippen LogP contribution in [0.4, 0.5) is 0 Å². The fourth-order valence-corrected chi connectivity index (χ4v) is 4.52. The van der Waals surface area contributed by atoms with Gasteiger partial charge in [-0.2, -0.15) is 0 Å². The number of hydrogen-bond donors (Lipinski definition) is 2. The number of phenols is 1. The second kappa shape index (κ2) is 8.19. The molecule has 0 aromatic heterocycles. The molecule has 30 heavy (non-hydrogen) atoms.